The molecule has 0 bridgehead atoms. The number of nitrogens with two attached hydrogens (primary N) is 1. The third-order valence-corrected chi connectivity index (χ3v) is 3.63. The number of piperidine rings is 1. The van der Waals surface area contributed by atoms with Gasteiger partial charge in [0.25, 0.3) is 5.91 Å². The molecule has 2 N–H and O–H groups in total. The number of hydrogen-bond acceptors (Lipinski definition) is 3. The van der Waals surface area contributed by atoms with Gasteiger partial charge in [-0.2, -0.15) is 0 Å². The van der Waals surface area contributed by atoms with E-state index < -0.39 is 0 Å². The van der Waals surface area contributed by atoms with E-state index in [1.54, 1.807) is 12.3 Å². The fourth-order valence-corrected chi connectivity index (χ4v) is 2.58. The molecule has 1 saturated heterocycles. The predicted octanol–water partition coefficient (Wildman–Crippen LogP) is 2.37. The number of halogens is 1. The van der Waals surface area contributed by atoms with Gasteiger partial charge < -0.3 is 10.6 Å². The summed E-state index contributed by atoms with van der Waals surface area (Å²) in [5.41, 5.74) is 7.05. The van der Waals surface area contributed by atoms with Crippen LogP contribution in [0.3, 0.4) is 0 Å². The Morgan fingerprint density at radius 3 is 3.00 bits per heavy atom. The van der Waals surface area contributed by atoms with Gasteiger partial charge in [0.2, 0.25) is 0 Å². The van der Waals surface area contributed by atoms with Gasteiger partial charge >= 0.3 is 0 Å². The lowest BCUT2D eigenvalue weighted by Crippen LogP contribution is -2.43. The number of nitrogens with zero attached hydrogens (tertiary/aromatic N) is 2. The number of carbonyl (C=O) groups excluding carboxylic acids is 1. The summed E-state index contributed by atoms with van der Waals surface area (Å²) in [6, 6.07) is 3.98. The second-order valence-corrected chi connectivity index (χ2v) is 4.80. The Hall–Kier alpha value is -1.13. The highest BCUT2D eigenvalue weighted by atomic mass is 35.5. The fraction of sp³-hybridized carbons (Fsp3) is 0.571. The van der Waals surface area contributed by atoms with Gasteiger partial charge in [0.1, 0.15) is 0 Å². The summed E-state index contributed by atoms with van der Waals surface area (Å²) >= 11 is 0. The molecule has 1 aromatic heterocycles. The van der Waals surface area contributed by atoms with Gasteiger partial charge in [0, 0.05) is 30.9 Å². The largest absolute Gasteiger partial charge is 0.336 e. The normalized spacial score (nSPS) is 18.8. The van der Waals surface area contributed by atoms with Crippen LogP contribution in [0.2, 0.25) is 0 Å². The predicted molar refractivity (Wildman–Crippen MR) is 78.3 cm³/mol. The molecule has 1 fully saturated rings. The summed E-state index contributed by atoms with van der Waals surface area (Å²) in [4.78, 5) is 18.6. The third-order valence-electron chi connectivity index (χ3n) is 3.63. The Balaban J connectivity index is 0.00000180. The van der Waals surface area contributed by atoms with Gasteiger partial charge in [-0.1, -0.05) is 6.92 Å². The van der Waals surface area contributed by atoms with Crippen LogP contribution in [-0.2, 0) is 6.54 Å². The Kier molecular flexibility index (Phi) is 6.25. The number of likely N-dealkylation sites (tertiary alicyclic amines) is 1. The van der Waals surface area contributed by atoms with Gasteiger partial charge in [-0.15, -0.1) is 12.4 Å². The summed E-state index contributed by atoms with van der Waals surface area (Å²) in [6.45, 7) is 3.39. The molecular formula is C14H22ClN3O. The number of rotatable bonds is 3. The molecule has 5 heteroatoms. The maximum absolute atomic E-state index is 12.5. The van der Waals surface area contributed by atoms with E-state index in [1.807, 2.05) is 11.0 Å². The van der Waals surface area contributed by atoms with Gasteiger partial charge in [-0.25, -0.2) is 0 Å². The zero-order chi connectivity index (χ0) is 13.0. The Bertz CT molecular complexity index is 425. The summed E-state index contributed by atoms with van der Waals surface area (Å²) in [6.07, 6.45) is 6.15. The van der Waals surface area contributed by atoms with Crippen LogP contribution in [0.15, 0.2) is 18.3 Å². The lowest BCUT2D eigenvalue weighted by atomic mass is 9.99. The standard InChI is InChI=1S/C14H21N3O.ClH/c1-2-13-5-3-4-8-17(13)14(18)11-6-7-16-12(9-11)10-15;/h6-7,9,13H,2-5,8,10,15H2,1H3;1H. The molecule has 4 nitrogen and oxygen atoms in total. The average molecular weight is 284 g/mol. The van der Waals surface area contributed by atoms with Crippen molar-refractivity contribution in [3.05, 3.63) is 29.6 Å². The lowest BCUT2D eigenvalue weighted by molar-refractivity contribution is 0.0608. The van der Waals surface area contributed by atoms with Crippen molar-refractivity contribution in [3.8, 4) is 0 Å². The molecular weight excluding hydrogens is 262 g/mol. The number of pyridine rings is 1. The average Bonchev–Trinajstić information content (AvgIpc) is 2.46. The van der Waals surface area contributed by atoms with Crippen LogP contribution in [0.5, 0.6) is 0 Å². The first-order valence-electron chi connectivity index (χ1n) is 6.72. The van der Waals surface area contributed by atoms with Gasteiger partial charge in [0.15, 0.2) is 0 Å². The van der Waals surface area contributed by atoms with E-state index in [2.05, 4.69) is 11.9 Å². The summed E-state index contributed by atoms with van der Waals surface area (Å²) in [5.74, 6) is 0.124. The molecule has 0 spiro atoms. The van der Waals surface area contributed by atoms with Crippen molar-refractivity contribution >= 4 is 18.3 Å². The number of hydrogen-bond donors (Lipinski definition) is 1. The Morgan fingerprint density at radius 2 is 2.32 bits per heavy atom. The molecule has 1 atom stereocenters. The van der Waals surface area contributed by atoms with Crippen LogP contribution in [0.4, 0.5) is 0 Å². The van der Waals surface area contributed by atoms with Gasteiger partial charge in [-0.05, 0) is 37.8 Å². The maximum atomic E-state index is 12.5. The monoisotopic (exact) mass is 283 g/mol. The molecule has 1 aliphatic heterocycles. The molecule has 2 heterocycles. The Morgan fingerprint density at radius 1 is 1.53 bits per heavy atom. The SMILES string of the molecule is CCC1CCCCN1C(=O)c1ccnc(CN)c1.Cl. The minimum atomic E-state index is 0. The zero-order valence-corrected chi connectivity index (χ0v) is 12.2. The lowest BCUT2D eigenvalue weighted by Gasteiger charge is -2.35. The van der Waals surface area contributed by atoms with Crippen molar-refractivity contribution < 1.29 is 4.79 Å². The highest BCUT2D eigenvalue weighted by Crippen LogP contribution is 2.21. The van der Waals surface area contributed by atoms with Crippen molar-refractivity contribution in [2.75, 3.05) is 6.54 Å². The zero-order valence-electron chi connectivity index (χ0n) is 11.3. The third kappa shape index (κ3) is 3.67. The van der Waals surface area contributed by atoms with E-state index in [0.717, 1.165) is 31.5 Å². The topological polar surface area (TPSA) is 59.2 Å². The van der Waals surface area contributed by atoms with Crippen LogP contribution in [0, 0.1) is 0 Å². The van der Waals surface area contributed by atoms with E-state index in [9.17, 15) is 4.79 Å². The van der Waals surface area contributed by atoms with E-state index in [-0.39, 0.29) is 18.3 Å². The van der Waals surface area contributed by atoms with Gasteiger partial charge in [-0.3, -0.25) is 9.78 Å². The van der Waals surface area contributed by atoms with Crippen LogP contribution in [0.1, 0.15) is 48.7 Å². The van der Waals surface area contributed by atoms with Crippen molar-refractivity contribution in [2.24, 2.45) is 5.73 Å². The van der Waals surface area contributed by atoms with E-state index in [0.29, 0.717) is 18.2 Å². The molecule has 1 unspecified atom stereocenters. The second-order valence-electron chi connectivity index (χ2n) is 4.80. The van der Waals surface area contributed by atoms with Crippen molar-refractivity contribution in [1.29, 1.82) is 0 Å². The molecule has 2 rings (SSSR count). The van der Waals surface area contributed by atoms with Crippen LogP contribution in [0.25, 0.3) is 0 Å². The van der Waals surface area contributed by atoms with E-state index >= 15 is 0 Å². The van der Waals surface area contributed by atoms with Crippen molar-refractivity contribution in [1.82, 2.24) is 9.88 Å². The summed E-state index contributed by atoms with van der Waals surface area (Å²) in [7, 11) is 0. The van der Waals surface area contributed by atoms with Gasteiger partial charge in [0.05, 0.1) is 5.69 Å². The first kappa shape index (κ1) is 15.9. The first-order chi connectivity index (χ1) is 8.76. The second kappa shape index (κ2) is 7.46. The van der Waals surface area contributed by atoms with Crippen molar-refractivity contribution in [2.45, 2.75) is 45.2 Å². The summed E-state index contributed by atoms with van der Waals surface area (Å²) in [5, 5.41) is 0. The quantitative estimate of drug-likeness (QED) is 0.926. The summed E-state index contributed by atoms with van der Waals surface area (Å²) < 4.78 is 0. The van der Waals surface area contributed by atoms with Crippen molar-refractivity contribution in [3.63, 3.8) is 0 Å². The molecule has 0 aromatic carbocycles. The van der Waals surface area contributed by atoms with Crippen LogP contribution >= 0.6 is 12.4 Å². The molecule has 0 saturated carbocycles. The maximum Gasteiger partial charge on any atom is 0.254 e. The molecule has 106 valence electrons. The smallest absolute Gasteiger partial charge is 0.254 e. The number of aromatic nitrogens is 1. The van der Waals surface area contributed by atoms with E-state index in [1.165, 1.54) is 6.42 Å². The fourth-order valence-electron chi connectivity index (χ4n) is 2.58. The molecule has 19 heavy (non-hydrogen) atoms. The Labute approximate surface area is 120 Å². The van der Waals surface area contributed by atoms with Crippen LogP contribution in [-0.4, -0.2) is 28.4 Å². The molecule has 1 aromatic rings. The number of amides is 1. The molecule has 0 aliphatic carbocycles. The molecule has 1 amide bonds. The minimum absolute atomic E-state index is 0. The van der Waals surface area contributed by atoms with Crippen LogP contribution < -0.4 is 5.73 Å². The number of carbonyl (C=O) groups is 1. The first-order valence-corrected chi connectivity index (χ1v) is 6.72. The van der Waals surface area contributed by atoms with E-state index in [4.69, 9.17) is 5.73 Å². The highest BCUT2D eigenvalue weighted by Gasteiger charge is 2.26. The minimum Gasteiger partial charge on any atom is -0.336 e. The molecule has 1 aliphatic rings. The highest BCUT2D eigenvalue weighted by molar-refractivity contribution is 5.94. The molecule has 0 radical (unpaired) electrons.